The Labute approximate surface area is 130 Å². The monoisotopic (exact) mass is 385 g/mol. The highest BCUT2D eigenvalue weighted by Crippen LogP contribution is 2.33. The predicted octanol–water partition coefficient (Wildman–Crippen LogP) is 1.69. The molecule has 0 unspecified atom stereocenters. The van der Waals surface area contributed by atoms with Crippen LogP contribution in [0.5, 0.6) is 0 Å². The summed E-state index contributed by atoms with van der Waals surface area (Å²) in [4.78, 5) is 11.6. The molecule has 1 aromatic rings. The van der Waals surface area contributed by atoms with E-state index in [0.717, 1.165) is 15.6 Å². The van der Waals surface area contributed by atoms with Crippen LogP contribution in [0.4, 0.5) is 0 Å². The van der Waals surface area contributed by atoms with Crippen molar-refractivity contribution in [2.24, 2.45) is 0 Å². The highest BCUT2D eigenvalue weighted by atomic mass is 79.9. The van der Waals surface area contributed by atoms with E-state index >= 15 is 0 Å². The fourth-order valence-electron chi connectivity index (χ4n) is 1.53. The third-order valence-electron chi connectivity index (χ3n) is 2.34. The van der Waals surface area contributed by atoms with Crippen LogP contribution < -0.4 is 0 Å². The van der Waals surface area contributed by atoms with E-state index in [1.54, 1.807) is 0 Å². The second kappa shape index (κ2) is 6.10. The number of hydrogen-bond acceptors (Lipinski definition) is 6. The van der Waals surface area contributed by atoms with Crippen molar-refractivity contribution in [3.63, 3.8) is 0 Å². The van der Waals surface area contributed by atoms with Crippen molar-refractivity contribution in [1.29, 1.82) is 0 Å². The van der Waals surface area contributed by atoms with E-state index in [9.17, 15) is 18.3 Å². The maximum absolute atomic E-state index is 12.4. The van der Waals surface area contributed by atoms with Crippen molar-refractivity contribution in [3.8, 4) is 0 Å². The molecule has 0 saturated heterocycles. The van der Waals surface area contributed by atoms with Gasteiger partial charge < -0.3 is 9.84 Å². The predicted molar refractivity (Wildman–Crippen MR) is 79.5 cm³/mol. The van der Waals surface area contributed by atoms with Crippen LogP contribution in [0.1, 0.15) is 23.5 Å². The standard InChI is InChI=1S/C11H16BrNO5S2/c1-11(2,15)6-13(3)20(16,17)8-5-7(10(14)18-4)19-9(8)12/h5,15H,6H2,1-4H3. The Kier molecular flexibility index (Phi) is 5.36. The average Bonchev–Trinajstić information content (AvgIpc) is 2.68. The molecular formula is C11H16BrNO5S2. The SMILES string of the molecule is COC(=O)c1cc(S(=O)(=O)N(C)CC(C)(C)O)c(Br)s1. The topological polar surface area (TPSA) is 83.9 Å². The molecule has 114 valence electrons. The van der Waals surface area contributed by atoms with Crippen LogP contribution in [0.3, 0.4) is 0 Å². The summed E-state index contributed by atoms with van der Waals surface area (Å²) in [7, 11) is -1.20. The number of carbonyl (C=O) groups is 1. The summed E-state index contributed by atoms with van der Waals surface area (Å²) in [6.45, 7) is 2.97. The van der Waals surface area contributed by atoms with Crippen molar-refractivity contribution < 1.29 is 23.1 Å². The molecule has 1 heterocycles. The van der Waals surface area contributed by atoms with E-state index in [2.05, 4.69) is 20.7 Å². The maximum Gasteiger partial charge on any atom is 0.348 e. The first kappa shape index (κ1) is 17.6. The minimum atomic E-state index is -3.79. The number of hydrogen-bond donors (Lipinski definition) is 1. The number of thiophene rings is 1. The van der Waals surface area contributed by atoms with Crippen LogP contribution in [0.2, 0.25) is 0 Å². The zero-order valence-electron chi connectivity index (χ0n) is 11.5. The smallest absolute Gasteiger partial charge is 0.348 e. The van der Waals surface area contributed by atoms with Crippen molar-refractivity contribution in [2.75, 3.05) is 20.7 Å². The molecule has 1 rings (SSSR count). The number of rotatable bonds is 5. The third kappa shape index (κ3) is 4.01. The highest BCUT2D eigenvalue weighted by molar-refractivity contribution is 9.11. The van der Waals surface area contributed by atoms with Gasteiger partial charge in [0.1, 0.15) is 9.77 Å². The van der Waals surface area contributed by atoms with Gasteiger partial charge in [0.15, 0.2) is 0 Å². The molecule has 0 amide bonds. The van der Waals surface area contributed by atoms with Crippen LogP contribution in [0.15, 0.2) is 14.7 Å². The summed E-state index contributed by atoms with van der Waals surface area (Å²) in [5, 5.41) is 9.71. The van der Waals surface area contributed by atoms with Crippen LogP contribution in [-0.4, -0.2) is 50.1 Å². The van der Waals surface area contributed by atoms with Crippen LogP contribution in [0, 0.1) is 0 Å². The Bertz CT molecular complexity index is 603. The Balaban J connectivity index is 3.16. The Morgan fingerprint density at radius 1 is 1.55 bits per heavy atom. The first-order chi connectivity index (χ1) is 8.99. The molecule has 0 atom stereocenters. The second-order valence-electron chi connectivity index (χ2n) is 4.81. The zero-order chi connectivity index (χ0) is 15.7. The van der Waals surface area contributed by atoms with Gasteiger partial charge in [-0.2, -0.15) is 4.31 Å². The van der Waals surface area contributed by atoms with E-state index < -0.39 is 21.6 Å². The Morgan fingerprint density at radius 2 is 2.10 bits per heavy atom. The largest absolute Gasteiger partial charge is 0.465 e. The van der Waals surface area contributed by atoms with Gasteiger partial charge in [0.05, 0.1) is 16.5 Å². The zero-order valence-corrected chi connectivity index (χ0v) is 14.7. The molecule has 0 bridgehead atoms. The molecule has 0 aliphatic carbocycles. The molecule has 0 radical (unpaired) electrons. The molecule has 0 saturated carbocycles. The van der Waals surface area contributed by atoms with E-state index in [0.29, 0.717) is 3.79 Å². The van der Waals surface area contributed by atoms with Crippen molar-refractivity contribution >= 4 is 43.3 Å². The normalized spacial score (nSPS) is 12.8. The molecule has 0 aliphatic rings. The molecule has 0 aliphatic heterocycles. The van der Waals surface area contributed by atoms with Crippen LogP contribution >= 0.6 is 27.3 Å². The number of likely N-dealkylation sites (N-methyl/N-ethyl adjacent to an activating group) is 1. The van der Waals surface area contributed by atoms with E-state index in [1.807, 2.05) is 0 Å². The number of nitrogens with zero attached hydrogens (tertiary/aromatic N) is 1. The quantitative estimate of drug-likeness (QED) is 0.779. The summed E-state index contributed by atoms with van der Waals surface area (Å²) in [6.07, 6.45) is 0. The Hall–Kier alpha value is -0.480. The number of ether oxygens (including phenoxy) is 1. The van der Waals surface area contributed by atoms with Gasteiger partial charge in [0, 0.05) is 13.6 Å². The van der Waals surface area contributed by atoms with E-state index in [1.165, 1.54) is 34.1 Å². The molecule has 0 spiro atoms. The van der Waals surface area contributed by atoms with Gasteiger partial charge in [-0.25, -0.2) is 13.2 Å². The number of esters is 1. The summed E-state index contributed by atoms with van der Waals surface area (Å²) in [5.74, 6) is -0.595. The maximum atomic E-state index is 12.4. The van der Waals surface area contributed by atoms with Gasteiger partial charge in [-0.05, 0) is 35.8 Å². The number of carbonyl (C=O) groups excluding carboxylic acids is 1. The fourth-order valence-corrected chi connectivity index (χ4v) is 5.28. The molecule has 0 fully saturated rings. The number of aliphatic hydroxyl groups is 1. The van der Waals surface area contributed by atoms with E-state index in [4.69, 9.17) is 0 Å². The number of methoxy groups -OCH3 is 1. The van der Waals surface area contributed by atoms with Crippen molar-refractivity contribution in [1.82, 2.24) is 4.31 Å². The van der Waals surface area contributed by atoms with Crippen LogP contribution in [-0.2, 0) is 14.8 Å². The number of sulfonamides is 1. The third-order valence-corrected chi connectivity index (χ3v) is 6.38. The Morgan fingerprint density at radius 3 is 2.55 bits per heavy atom. The average molecular weight is 386 g/mol. The van der Waals surface area contributed by atoms with Gasteiger partial charge in [-0.3, -0.25) is 0 Å². The second-order valence-corrected chi connectivity index (χ2v) is 9.20. The van der Waals surface area contributed by atoms with Gasteiger partial charge in [-0.15, -0.1) is 11.3 Å². The lowest BCUT2D eigenvalue weighted by Crippen LogP contribution is -2.39. The lowest BCUT2D eigenvalue weighted by Gasteiger charge is -2.24. The minimum Gasteiger partial charge on any atom is -0.465 e. The van der Waals surface area contributed by atoms with Gasteiger partial charge >= 0.3 is 5.97 Å². The number of halogens is 1. The highest BCUT2D eigenvalue weighted by Gasteiger charge is 2.30. The summed E-state index contributed by atoms with van der Waals surface area (Å²) in [5.41, 5.74) is -1.16. The van der Waals surface area contributed by atoms with Gasteiger partial charge in [0.2, 0.25) is 10.0 Å². The lowest BCUT2D eigenvalue weighted by atomic mass is 10.1. The minimum absolute atomic E-state index is 0.0188. The molecule has 0 aromatic carbocycles. The summed E-state index contributed by atoms with van der Waals surface area (Å²) < 4.78 is 30.7. The first-order valence-corrected chi connectivity index (χ1v) is 8.60. The molecule has 9 heteroatoms. The van der Waals surface area contributed by atoms with Gasteiger partial charge in [-0.1, -0.05) is 0 Å². The summed E-state index contributed by atoms with van der Waals surface area (Å²) >= 11 is 4.12. The fraction of sp³-hybridized carbons (Fsp3) is 0.545. The molecule has 1 N–H and O–H groups in total. The van der Waals surface area contributed by atoms with Crippen molar-refractivity contribution in [3.05, 3.63) is 14.7 Å². The lowest BCUT2D eigenvalue weighted by molar-refractivity contribution is 0.0604. The first-order valence-electron chi connectivity index (χ1n) is 5.55. The van der Waals surface area contributed by atoms with Gasteiger partial charge in [0.25, 0.3) is 0 Å². The molecule has 1 aromatic heterocycles. The molecule has 20 heavy (non-hydrogen) atoms. The van der Waals surface area contributed by atoms with Crippen LogP contribution in [0.25, 0.3) is 0 Å². The summed E-state index contributed by atoms with van der Waals surface area (Å²) in [6, 6.07) is 1.26. The molecule has 6 nitrogen and oxygen atoms in total. The van der Waals surface area contributed by atoms with Crippen molar-refractivity contribution in [2.45, 2.75) is 24.3 Å². The molecular weight excluding hydrogens is 370 g/mol. The van der Waals surface area contributed by atoms with E-state index in [-0.39, 0.29) is 16.3 Å².